The van der Waals surface area contributed by atoms with Gasteiger partial charge in [-0.3, -0.25) is 14.3 Å². The number of nitrogens with zero attached hydrogens (tertiary/aromatic N) is 4. The predicted molar refractivity (Wildman–Crippen MR) is 96.8 cm³/mol. The van der Waals surface area contributed by atoms with Gasteiger partial charge in [0.15, 0.2) is 35.1 Å². The number of carbonyl (C=O) groups is 1. The normalized spacial score (nSPS) is 27.9. The van der Waals surface area contributed by atoms with Gasteiger partial charge in [-0.15, -0.1) is 0 Å². The molecule has 150 valence electrons. The van der Waals surface area contributed by atoms with E-state index in [0.717, 1.165) is 0 Å². The van der Waals surface area contributed by atoms with Gasteiger partial charge in [-0.05, 0) is 26.0 Å². The second-order valence-electron chi connectivity index (χ2n) is 7.30. The first-order valence-electron chi connectivity index (χ1n) is 8.96. The Bertz CT molecular complexity index is 1160. The molecule has 0 saturated carbocycles. The molecule has 2 aliphatic heterocycles. The first kappa shape index (κ1) is 17.9. The van der Waals surface area contributed by atoms with E-state index in [4.69, 9.17) is 14.2 Å². The smallest absolute Gasteiger partial charge is 0.335 e. The Balaban J connectivity index is 1.63. The van der Waals surface area contributed by atoms with Crippen LogP contribution in [0, 0.1) is 0 Å². The van der Waals surface area contributed by atoms with Crippen LogP contribution >= 0.6 is 0 Å². The van der Waals surface area contributed by atoms with Crippen molar-refractivity contribution in [1.29, 1.82) is 0 Å². The molecule has 3 aromatic rings. The van der Waals surface area contributed by atoms with Gasteiger partial charge >= 0.3 is 5.97 Å². The number of hydrogen-bond acceptors (Lipinski definition) is 8. The van der Waals surface area contributed by atoms with Crippen LogP contribution in [0.3, 0.4) is 0 Å². The van der Waals surface area contributed by atoms with Gasteiger partial charge in [0.25, 0.3) is 5.56 Å². The van der Waals surface area contributed by atoms with Crippen LogP contribution in [0.5, 0.6) is 0 Å². The van der Waals surface area contributed by atoms with Crippen LogP contribution in [0.4, 0.5) is 0 Å². The summed E-state index contributed by atoms with van der Waals surface area (Å²) in [6, 6.07) is 5.24. The van der Waals surface area contributed by atoms with Crippen molar-refractivity contribution in [1.82, 2.24) is 24.5 Å². The molecule has 3 aromatic heterocycles. The number of carboxylic acids is 1. The zero-order valence-corrected chi connectivity index (χ0v) is 15.5. The van der Waals surface area contributed by atoms with Gasteiger partial charge in [-0.2, -0.15) is 0 Å². The number of imidazole rings is 1. The number of rotatable bonds is 3. The Morgan fingerprint density at radius 2 is 2.03 bits per heavy atom. The Morgan fingerprint density at radius 3 is 2.76 bits per heavy atom. The first-order valence-corrected chi connectivity index (χ1v) is 8.96. The molecule has 0 aliphatic carbocycles. The van der Waals surface area contributed by atoms with Crippen molar-refractivity contribution in [3.8, 4) is 11.5 Å². The van der Waals surface area contributed by atoms with Gasteiger partial charge in [-0.25, -0.2) is 14.8 Å². The summed E-state index contributed by atoms with van der Waals surface area (Å²) in [5.74, 6) is -1.86. The first-order chi connectivity index (χ1) is 13.8. The number of fused-ring (bicyclic) bond motifs is 2. The number of aromatic nitrogens is 5. The van der Waals surface area contributed by atoms with Crippen LogP contribution in [0.1, 0.15) is 20.1 Å². The second-order valence-corrected chi connectivity index (χ2v) is 7.30. The number of nitrogens with one attached hydrogen (secondary N) is 1. The van der Waals surface area contributed by atoms with Gasteiger partial charge in [-0.1, -0.05) is 6.07 Å². The molecule has 11 nitrogen and oxygen atoms in total. The summed E-state index contributed by atoms with van der Waals surface area (Å²) in [4.78, 5) is 39.7. The third kappa shape index (κ3) is 2.82. The lowest BCUT2D eigenvalue weighted by atomic mass is 10.1. The van der Waals surface area contributed by atoms with Crippen molar-refractivity contribution in [2.75, 3.05) is 0 Å². The van der Waals surface area contributed by atoms with E-state index in [2.05, 4.69) is 19.9 Å². The lowest BCUT2D eigenvalue weighted by molar-refractivity contribution is -0.202. The van der Waals surface area contributed by atoms with Crippen molar-refractivity contribution in [3.05, 3.63) is 41.1 Å². The average molecular weight is 399 g/mol. The second kappa shape index (κ2) is 6.17. The predicted octanol–water partition coefficient (Wildman–Crippen LogP) is 0.684. The molecule has 2 saturated heterocycles. The van der Waals surface area contributed by atoms with Crippen molar-refractivity contribution in [2.45, 2.75) is 44.2 Å². The van der Waals surface area contributed by atoms with Crippen molar-refractivity contribution < 1.29 is 24.1 Å². The molecular weight excluding hydrogens is 382 g/mol. The van der Waals surface area contributed by atoms with Gasteiger partial charge in [0.2, 0.25) is 0 Å². The van der Waals surface area contributed by atoms with Crippen LogP contribution in [-0.4, -0.2) is 59.7 Å². The standard InChI is InChI=1S/C18H17N5O6/c1-18(2)28-10-11(29-18)16(27-12(10)17(25)26)23-7-20-9-14(23)21-13(22-15(9)24)8-5-3-4-6-19-8/h3-7,10-12,16H,1-2H3,(H,25,26)(H,21,22,24)/t10-,11+,12-,16?/m0/s1. The highest BCUT2D eigenvalue weighted by molar-refractivity contribution is 5.74. The third-order valence-electron chi connectivity index (χ3n) is 4.89. The molecule has 5 heterocycles. The van der Waals surface area contributed by atoms with Crippen molar-refractivity contribution in [2.24, 2.45) is 0 Å². The molecule has 2 aliphatic rings. The van der Waals surface area contributed by atoms with Crippen LogP contribution in [0.2, 0.25) is 0 Å². The summed E-state index contributed by atoms with van der Waals surface area (Å²) >= 11 is 0. The summed E-state index contributed by atoms with van der Waals surface area (Å²) in [5, 5.41) is 9.53. The number of pyridine rings is 1. The number of ether oxygens (including phenoxy) is 3. The van der Waals surface area contributed by atoms with E-state index >= 15 is 0 Å². The SMILES string of the molecule is CC1(C)O[C@@H]2[C@@H](C(=O)O)OC(n3cnc4c(=O)[nH]c(-c5ccccn5)nc43)[C@@H]2O1. The van der Waals surface area contributed by atoms with Gasteiger partial charge in [0.1, 0.15) is 17.9 Å². The van der Waals surface area contributed by atoms with E-state index < -0.39 is 41.9 Å². The minimum Gasteiger partial charge on any atom is -0.479 e. The summed E-state index contributed by atoms with van der Waals surface area (Å²) in [5.41, 5.74) is 0.372. The molecular formula is C18H17N5O6. The fraction of sp³-hybridized carbons (Fsp3) is 0.389. The fourth-order valence-corrected chi connectivity index (χ4v) is 3.74. The van der Waals surface area contributed by atoms with Gasteiger partial charge in [0, 0.05) is 6.20 Å². The van der Waals surface area contributed by atoms with E-state index in [0.29, 0.717) is 5.69 Å². The minimum atomic E-state index is -1.22. The number of H-pyrrole nitrogens is 1. The maximum Gasteiger partial charge on any atom is 0.335 e. The van der Waals surface area contributed by atoms with E-state index in [1.165, 1.54) is 10.9 Å². The Kier molecular flexibility index (Phi) is 3.81. The summed E-state index contributed by atoms with van der Waals surface area (Å²) in [6.07, 6.45) is -0.633. The Hall–Kier alpha value is -3.15. The van der Waals surface area contributed by atoms with E-state index in [9.17, 15) is 14.7 Å². The highest BCUT2D eigenvalue weighted by Gasteiger charge is 2.58. The van der Waals surface area contributed by atoms with Crippen molar-refractivity contribution in [3.63, 3.8) is 0 Å². The van der Waals surface area contributed by atoms with Crippen molar-refractivity contribution >= 4 is 17.1 Å². The minimum absolute atomic E-state index is 0.0989. The molecule has 0 spiro atoms. The zero-order chi connectivity index (χ0) is 20.3. The molecule has 11 heteroatoms. The highest BCUT2D eigenvalue weighted by Crippen LogP contribution is 2.43. The quantitative estimate of drug-likeness (QED) is 0.650. The largest absolute Gasteiger partial charge is 0.479 e. The number of hydrogen-bond donors (Lipinski definition) is 2. The molecule has 29 heavy (non-hydrogen) atoms. The molecule has 0 aromatic carbocycles. The van der Waals surface area contributed by atoms with Gasteiger partial charge in [0.05, 0.1) is 6.33 Å². The lowest BCUT2D eigenvalue weighted by Crippen LogP contribution is -2.35. The summed E-state index contributed by atoms with van der Waals surface area (Å²) in [6.45, 7) is 3.41. The summed E-state index contributed by atoms with van der Waals surface area (Å²) < 4.78 is 18.9. The maximum atomic E-state index is 12.5. The van der Waals surface area contributed by atoms with E-state index in [-0.39, 0.29) is 17.0 Å². The zero-order valence-electron chi connectivity index (χ0n) is 15.5. The Morgan fingerprint density at radius 1 is 1.24 bits per heavy atom. The van der Waals surface area contributed by atoms with Crippen LogP contribution in [0.15, 0.2) is 35.5 Å². The van der Waals surface area contributed by atoms with Crippen LogP contribution in [0.25, 0.3) is 22.7 Å². The summed E-state index contributed by atoms with van der Waals surface area (Å²) in [7, 11) is 0. The monoisotopic (exact) mass is 399 g/mol. The lowest BCUT2D eigenvalue weighted by Gasteiger charge is -2.23. The fourth-order valence-electron chi connectivity index (χ4n) is 3.74. The highest BCUT2D eigenvalue weighted by atomic mass is 16.8. The molecule has 2 fully saturated rings. The topological polar surface area (TPSA) is 141 Å². The molecule has 0 amide bonds. The number of aliphatic carboxylic acids is 1. The molecule has 1 unspecified atom stereocenters. The van der Waals surface area contributed by atoms with E-state index in [1.54, 1.807) is 38.2 Å². The molecule has 0 radical (unpaired) electrons. The molecule has 2 N–H and O–H groups in total. The van der Waals surface area contributed by atoms with Crippen LogP contribution in [-0.2, 0) is 19.0 Å². The maximum absolute atomic E-state index is 12.5. The van der Waals surface area contributed by atoms with Gasteiger partial charge < -0.3 is 24.3 Å². The number of aromatic amines is 1. The van der Waals surface area contributed by atoms with Crippen LogP contribution < -0.4 is 5.56 Å². The molecule has 0 bridgehead atoms. The molecule has 5 rings (SSSR count). The number of carboxylic acid groups (broad SMARTS) is 1. The van der Waals surface area contributed by atoms with E-state index in [1.807, 2.05) is 0 Å². The molecule has 4 atom stereocenters. The average Bonchev–Trinajstić information content (AvgIpc) is 3.33. The third-order valence-corrected chi connectivity index (χ3v) is 4.89. The Labute approximate surface area is 163 Å².